The summed E-state index contributed by atoms with van der Waals surface area (Å²) in [7, 11) is 1.73. The molecular weight excluding hydrogens is 386 g/mol. The fourth-order valence-corrected chi connectivity index (χ4v) is 3.75. The highest BCUT2D eigenvalue weighted by atomic mass is 32.1. The molecule has 0 saturated carbocycles. The quantitative estimate of drug-likeness (QED) is 0.352. The smallest absolute Gasteiger partial charge is 0.261 e. The van der Waals surface area contributed by atoms with Crippen LogP contribution in [0.4, 0.5) is 5.69 Å². The number of nitrogens with zero attached hydrogens (tertiary/aromatic N) is 2. The molecule has 154 valence electrons. The summed E-state index contributed by atoms with van der Waals surface area (Å²) in [5, 5.41) is 11.3. The molecule has 1 saturated heterocycles. The molecule has 2 amide bonds. The zero-order valence-electron chi connectivity index (χ0n) is 16.6. The number of hydrogen-bond acceptors (Lipinski definition) is 4. The van der Waals surface area contributed by atoms with Crippen LogP contribution in [0.3, 0.4) is 0 Å². The molecule has 3 N–H and O–H groups in total. The van der Waals surface area contributed by atoms with Crippen LogP contribution in [0.25, 0.3) is 0 Å². The number of thiophene rings is 1. The highest BCUT2D eigenvalue weighted by molar-refractivity contribution is 7.12. The van der Waals surface area contributed by atoms with Crippen molar-refractivity contribution in [3.05, 3.63) is 52.2 Å². The first-order valence-electron chi connectivity index (χ1n) is 9.83. The van der Waals surface area contributed by atoms with Crippen LogP contribution in [-0.4, -0.2) is 44.5 Å². The Morgan fingerprint density at radius 3 is 2.59 bits per heavy atom. The van der Waals surface area contributed by atoms with Gasteiger partial charge in [-0.15, -0.1) is 11.3 Å². The maximum Gasteiger partial charge on any atom is 0.261 e. The summed E-state index contributed by atoms with van der Waals surface area (Å²) in [6, 6.07) is 11.7. The van der Waals surface area contributed by atoms with E-state index in [1.54, 1.807) is 7.05 Å². The third-order valence-electron chi connectivity index (χ3n) is 4.68. The Balaban J connectivity index is 1.34. The minimum absolute atomic E-state index is 0.0263. The molecule has 3 rings (SSSR count). The van der Waals surface area contributed by atoms with Gasteiger partial charge < -0.3 is 20.9 Å². The number of carbonyl (C=O) groups excluding carboxylic acids is 2. The van der Waals surface area contributed by atoms with Crippen molar-refractivity contribution in [3.8, 4) is 0 Å². The molecule has 1 aliphatic rings. The predicted octanol–water partition coefficient (Wildman–Crippen LogP) is 2.36. The van der Waals surface area contributed by atoms with Crippen LogP contribution >= 0.6 is 11.3 Å². The van der Waals surface area contributed by atoms with E-state index in [9.17, 15) is 9.59 Å². The number of anilines is 1. The van der Waals surface area contributed by atoms with Crippen molar-refractivity contribution >= 4 is 34.8 Å². The van der Waals surface area contributed by atoms with Crippen molar-refractivity contribution in [2.75, 3.05) is 31.6 Å². The van der Waals surface area contributed by atoms with Crippen molar-refractivity contribution in [1.29, 1.82) is 0 Å². The first-order chi connectivity index (χ1) is 14.2. The van der Waals surface area contributed by atoms with Gasteiger partial charge in [0.2, 0.25) is 5.91 Å². The first-order valence-corrected chi connectivity index (χ1v) is 10.7. The van der Waals surface area contributed by atoms with Gasteiger partial charge in [-0.3, -0.25) is 14.6 Å². The molecule has 0 unspecified atom stereocenters. The van der Waals surface area contributed by atoms with Gasteiger partial charge in [0.05, 0.1) is 4.88 Å². The van der Waals surface area contributed by atoms with Crippen LogP contribution in [-0.2, 0) is 11.3 Å². The minimum Gasteiger partial charge on any atom is -0.356 e. The second-order valence-electron chi connectivity index (χ2n) is 6.75. The molecule has 2 aromatic rings. The predicted molar refractivity (Wildman–Crippen MR) is 117 cm³/mol. The van der Waals surface area contributed by atoms with Gasteiger partial charge in [0.15, 0.2) is 5.96 Å². The highest BCUT2D eigenvalue weighted by Crippen LogP contribution is 2.21. The molecule has 8 heteroatoms. The highest BCUT2D eigenvalue weighted by Gasteiger charge is 2.21. The summed E-state index contributed by atoms with van der Waals surface area (Å²) in [5.41, 5.74) is 2.08. The van der Waals surface area contributed by atoms with Gasteiger partial charge in [-0.1, -0.05) is 18.2 Å². The van der Waals surface area contributed by atoms with Crippen LogP contribution in [0.2, 0.25) is 0 Å². The van der Waals surface area contributed by atoms with E-state index in [4.69, 9.17) is 0 Å². The Morgan fingerprint density at radius 1 is 1.14 bits per heavy atom. The normalized spacial score (nSPS) is 14.2. The SMILES string of the molecule is CN=C(NCCCNC(=O)c1cccs1)NCc1ccc(N2CCCC2=O)cc1. The van der Waals surface area contributed by atoms with E-state index in [-0.39, 0.29) is 11.8 Å². The second-order valence-corrected chi connectivity index (χ2v) is 7.70. The molecule has 1 aromatic heterocycles. The number of amides is 2. The number of benzene rings is 1. The summed E-state index contributed by atoms with van der Waals surface area (Å²) in [6.07, 6.45) is 2.38. The molecule has 0 spiro atoms. The van der Waals surface area contributed by atoms with Crippen molar-refractivity contribution in [2.45, 2.75) is 25.8 Å². The lowest BCUT2D eigenvalue weighted by atomic mass is 10.2. The summed E-state index contributed by atoms with van der Waals surface area (Å²) in [5.74, 6) is 0.891. The molecule has 0 radical (unpaired) electrons. The summed E-state index contributed by atoms with van der Waals surface area (Å²) >= 11 is 1.44. The molecule has 1 fully saturated rings. The van der Waals surface area contributed by atoms with Gasteiger partial charge in [-0.25, -0.2) is 0 Å². The third kappa shape index (κ3) is 6.05. The van der Waals surface area contributed by atoms with Gasteiger partial charge in [0.25, 0.3) is 5.91 Å². The second kappa shape index (κ2) is 10.6. The lowest BCUT2D eigenvalue weighted by Crippen LogP contribution is -2.38. The molecular formula is C21H27N5O2S. The number of guanidine groups is 1. The molecule has 7 nitrogen and oxygen atoms in total. The van der Waals surface area contributed by atoms with Crippen LogP contribution in [0, 0.1) is 0 Å². The Hall–Kier alpha value is -2.87. The van der Waals surface area contributed by atoms with E-state index < -0.39 is 0 Å². The van der Waals surface area contributed by atoms with Gasteiger partial charge in [-0.2, -0.15) is 0 Å². The lowest BCUT2D eigenvalue weighted by molar-refractivity contribution is -0.117. The van der Waals surface area contributed by atoms with E-state index in [2.05, 4.69) is 20.9 Å². The fraction of sp³-hybridized carbons (Fsp3) is 0.381. The first kappa shape index (κ1) is 20.9. The average molecular weight is 414 g/mol. The molecule has 1 aliphatic heterocycles. The standard InChI is InChI=1S/C21H27N5O2S/c1-22-21(24-12-4-11-23-20(28)18-5-3-14-29-18)25-15-16-7-9-17(10-8-16)26-13-2-6-19(26)27/h3,5,7-10,14H,2,4,6,11-13,15H2,1H3,(H,23,28)(H2,22,24,25). The van der Waals surface area contributed by atoms with Gasteiger partial charge in [0.1, 0.15) is 0 Å². The summed E-state index contributed by atoms with van der Waals surface area (Å²) in [4.78, 5) is 30.5. The third-order valence-corrected chi connectivity index (χ3v) is 5.55. The van der Waals surface area contributed by atoms with Crippen LogP contribution < -0.4 is 20.9 Å². The monoisotopic (exact) mass is 413 g/mol. The van der Waals surface area contributed by atoms with E-state index >= 15 is 0 Å². The summed E-state index contributed by atoms with van der Waals surface area (Å²) in [6.45, 7) is 2.77. The molecule has 0 bridgehead atoms. The molecule has 0 aliphatic carbocycles. The number of nitrogens with one attached hydrogen (secondary N) is 3. The van der Waals surface area contributed by atoms with E-state index in [1.807, 2.05) is 46.7 Å². The number of aliphatic imine (C=N–C) groups is 1. The van der Waals surface area contributed by atoms with E-state index in [0.717, 1.165) is 35.5 Å². The molecule has 29 heavy (non-hydrogen) atoms. The van der Waals surface area contributed by atoms with Crippen molar-refractivity contribution in [3.63, 3.8) is 0 Å². The summed E-state index contributed by atoms with van der Waals surface area (Å²) < 4.78 is 0. The van der Waals surface area contributed by atoms with Crippen LogP contribution in [0.1, 0.15) is 34.5 Å². The number of hydrogen-bond donors (Lipinski definition) is 3. The molecule has 1 aromatic carbocycles. The van der Waals surface area contributed by atoms with Gasteiger partial charge in [-0.05, 0) is 42.0 Å². The topological polar surface area (TPSA) is 85.8 Å². The zero-order chi connectivity index (χ0) is 20.5. The van der Waals surface area contributed by atoms with Crippen molar-refractivity contribution in [2.24, 2.45) is 4.99 Å². The van der Waals surface area contributed by atoms with Gasteiger partial charge >= 0.3 is 0 Å². The van der Waals surface area contributed by atoms with E-state index in [0.29, 0.717) is 32.0 Å². The Labute approximate surface area is 175 Å². The fourth-order valence-electron chi connectivity index (χ4n) is 3.11. The minimum atomic E-state index is -0.0263. The van der Waals surface area contributed by atoms with Crippen LogP contribution in [0.5, 0.6) is 0 Å². The zero-order valence-corrected chi connectivity index (χ0v) is 17.4. The number of rotatable bonds is 8. The Kier molecular flexibility index (Phi) is 7.63. The largest absolute Gasteiger partial charge is 0.356 e. The van der Waals surface area contributed by atoms with Crippen LogP contribution in [0.15, 0.2) is 46.8 Å². The number of carbonyl (C=O) groups is 2. The Bertz CT molecular complexity index is 833. The Morgan fingerprint density at radius 2 is 1.93 bits per heavy atom. The van der Waals surface area contributed by atoms with Crippen molar-refractivity contribution < 1.29 is 9.59 Å². The molecule has 2 heterocycles. The van der Waals surface area contributed by atoms with Crippen molar-refractivity contribution in [1.82, 2.24) is 16.0 Å². The maximum absolute atomic E-state index is 11.9. The van der Waals surface area contributed by atoms with Gasteiger partial charge in [0, 0.05) is 45.3 Å². The maximum atomic E-state index is 11.9. The lowest BCUT2D eigenvalue weighted by Gasteiger charge is -2.16. The molecule has 0 atom stereocenters. The van der Waals surface area contributed by atoms with E-state index in [1.165, 1.54) is 11.3 Å². The average Bonchev–Trinajstić information content (AvgIpc) is 3.42.